The highest BCUT2D eigenvalue weighted by Gasteiger charge is 2.14. The van der Waals surface area contributed by atoms with Crippen LogP contribution in [0.3, 0.4) is 0 Å². The van der Waals surface area contributed by atoms with E-state index in [1.807, 2.05) is 31.2 Å². The lowest BCUT2D eigenvalue weighted by Gasteiger charge is -2.04. The molecule has 2 nitrogen and oxygen atoms in total. The van der Waals surface area contributed by atoms with Gasteiger partial charge in [-0.05, 0) is 31.5 Å². The third kappa shape index (κ3) is 2.04. The van der Waals surface area contributed by atoms with Gasteiger partial charge in [0.25, 0.3) is 0 Å². The molecule has 0 aliphatic heterocycles. The van der Waals surface area contributed by atoms with E-state index >= 15 is 0 Å². The van der Waals surface area contributed by atoms with Crippen LogP contribution < -0.4 is 4.74 Å². The third-order valence-corrected chi connectivity index (χ3v) is 3.77. The predicted octanol–water partition coefficient (Wildman–Crippen LogP) is 3.91. The number of rotatable bonds is 2. The van der Waals surface area contributed by atoms with Crippen molar-refractivity contribution in [1.29, 1.82) is 5.26 Å². The summed E-state index contributed by atoms with van der Waals surface area (Å²) in [5.74, 6) is 0.830. The highest BCUT2D eigenvalue weighted by atomic mass is 32.1. The van der Waals surface area contributed by atoms with Crippen molar-refractivity contribution in [3.8, 4) is 22.9 Å². The predicted molar refractivity (Wildman–Crippen MR) is 70.5 cm³/mol. The minimum Gasteiger partial charge on any atom is -0.497 e. The highest BCUT2D eigenvalue weighted by Crippen LogP contribution is 2.35. The number of hydrogen-bond acceptors (Lipinski definition) is 3. The highest BCUT2D eigenvalue weighted by molar-refractivity contribution is 7.12. The molecule has 17 heavy (non-hydrogen) atoms. The molecule has 1 aromatic heterocycles. The van der Waals surface area contributed by atoms with Crippen LogP contribution in [0.2, 0.25) is 0 Å². The fourth-order valence-corrected chi connectivity index (χ4v) is 2.95. The Kier molecular flexibility index (Phi) is 3.16. The average molecular weight is 243 g/mol. The first-order valence-corrected chi connectivity index (χ1v) is 6.13. The molecular formula is C14H13NOS. The smallest absolute Gasteiger partial charge is 0.118 e. The Morgan fingerprint density at radius 3 is 2.29 bits per heavy atom. The van der Waals surface area contributed by atoms with Gasteiger partial charge in [-0.15, -0.1) is 11.3 Å². The molecule has 3 heteroatoms. The SMILES string of the molecule is COc1ccc(-c2c(C)sc(C)c2C#N)cc1. The Morgan fingerprint density at radius 2 is 1.76 bits per heavy atom. The van der Waals surface area contributed by atoms with E-state index in [0.717, 1.165) is 27.3 Å². The lowest BCUT2D eigenvalue weighted by molar-refractivity contribution is 0.415. The molecule has 0 atom stereocenters. The standard InChI is InChI=1S/C14H13NOS/c1-9-13(8-15)14(10(2)17-9)11-4-6-12(16-3)7-5-11/h4-7H,1-3H3. The summed E-state index contributed by atoms with van der Waals surface area (Å²) in [5, 5.41) is 9.21. The van der Waals surface area contributed by atoms with Crippen LogP contribution in [0.15, 0.2) is 24.3 Å². The van der Waals surface area contributed by atoms with Crippen LogP contribution in [0.25, 0.3) is 11.1 Å². The van der Waals surface area contributed by atoms with E-state index in [1.165, 1.54) is 4.88 Å². The van der Waals surface area contributed by atoms with Crippen LogP contribution in [-0.4, -0.2) is 7.11 Å². The maximum Gasteiger partial charge on any atom is 0.118 e. The van der Waals surface area contributed by atoms with Crippen LogP contribution >= 0.6 is 11.3 Å². The van der Waals surface area contributed by atoms with E-state index in [0.29, 0.717) is 0 Å². The van der Waals surface area contributed by atoms with Crippen LogP contribution in [-0.2, 0) is 0 Å². The summed E-state index contributed by atoms with van der Waals surface area (Å²) < 4.78 is 5.13. The zero-order valence-electron chi connectivity index (χ0n) is 10.1. The molecule has 0 saturated heterocycles. The minimum absolute atomic E-state index is 0.790. The minimum atomic E-state index is 0.790. The zero-order valence-corrected chi connectivity index (χ0v) is 10.9. The van der Waals surface area contributed by atoms with Crippen molar-refractivity contribution >= 4 is 11.3 Å². The van der Waals surface area contributed by atoms with E-state index in [1.54, 1.807) is 18.4 Å². The summed E-state index contributed by atoms with van der Waals surface area (Å²) in [5.41, 5.74) is 2.92. The molecule has 0 aliphatic rings. The van der Waals surface area contributed by atoms with Crippen LogP contribution in [0.4, 0.5) is 0 Å². The van der Waals surface area contributed by atoms with Crippen molar-refractivity contribution in [2.75, 3.05) is 7.11 Å². The molecule has 0 N–H and O–H groups in total. The van der Waals surface area contributed by atoms with Gasteiger partial charge in [0, 0.05) is 15.3 Å². The van der Waals surface area contributed by atoms with Gasteiger partial charge in [-0.3, -0.25) is 0 Å². The normalized spacial score (nSPS) is 10.0. The summed E-state index contributed by atoms with van der Waals surface area (Å²) in [6, 6.07) is 10.1. The summed E-state index contributed by atoms with van der Waals surface area (Å²) in [7, 11) is 1.65. The topological polar surface area (TPSA) is 33.0 Å². The molecule has 0 spiro atoms. The molecule has 1 aromatic carbocycles. The van der Waals surface area contributed by atoms with Gasteiger partial charge in [-0.2, -0.15) is 5.26 Å². The van der Waals surface area contributed by atoms with Crippen LogP contribution in [0, 0.1) is 25.2 Å². The number of nitriles is 1. The van der Waals surface area contributed by atoms with Crippen LogP contribution in [0.1, 0.15) is 15.3 Å². The van der Waals surface area contributed by atoms with Crippen molar-refractivity contribution < 1.29 is 4.74 Å². The fraction of sp³-hybridized carbons (Fsp3) is 0.214. The summed E-state index contributed by atoms with van der Waals surface area (Å²) in [6.07, 6.45) is 0. The van der Waals surface area contributed by atoms with Crippen molar-refractivity contribution in [3.63, 3.8) is 0 Å². The first kappa shape index (κ1) is 11.7. The van der Waals surface area contributed by atoms with Gasteiger partial charge in [-0.25, -0.2) is 0 Å². The van der Waals surface area contributed by atoms with E-state index in [4.69, 9.17) is 4.74 Å². The van der Waals surface area contributed by atoms with Crippen molar-refractivity contribution in [2.24, 2.45) is 0 Å². The molecular weight excluding hydrogens is 230 g/mol. The lowest BCUT2D eigenvalue weighted by Crippen LogP contribution is -1.85. The Balaban J connectivity index is 2.56. The maximum atomic E-state index is 9.21. The van der Waals surface area contributed by atoms with E-state index < -0.39 is 0 Å². The molecule has 0 bridgehead atoms. The molecule has 0 amide bonds. The molecule has 0 aliphatic carbocycles. The van der Waals surface area contributed by atoms with E-state index in [2.05, 4.69) is 13.0 Å². The summed E-state index contributed by atoms with van der Waals surface area (Å²) in [6.45, 7) is 4.04. The first-order valence-electron chi connectivity index (χ1n) is 5.32. The quantitative estimate of drug-likeness (QED) is 0.801. The second-order valence-electron chi connectivity index (χ2n) is 3.80. The molecule has 0 fully saturated rings. The first-order chi connectivity index (χ1) is 8.17. The number of thiophene rings is 1. The number of hydrogen-bond donors (Lipinski definition) is 0. The lowest BCUT2D eigenvalue weighted by atomic mass is 10.0. The molecule has 2 aromatic rings. The number of methoxy groups -OCH3 is 1. The maximum absolute atomic E-state index is 9.21. The number of benzene rings is 1. The Bertz CT molecular complexity index is 576. The Morgan fingerprint density at radius 1 is 1.12 bits per heavy atom. The molecule has 0 saturated carbocycles. The Hall–Kier alpha value is -1.79. The number of nitrogens with zero attached hydrogens (tertiary/aromatic N) is 1. The largest absolute Gasteiger partial charge is 0.497 e. The molecule has 1 heterocycles. The van der Waals surface area contributed by atoms with Crippen molar-refractivity contribution in [3.05, 3.63) is 39.6 Å². The van der Waals surface area contributed by atoms with Crippen molar-refractivity contribution in [2.45, 2.75) is 13.8 Å². The summed E-state index contributed by atoms with van der Waals surface area (Å²) >= 11 is 1.67. The number of ether oxygens (including phenoxy) is 1. The second-order valence-corrected chi connectivity index (χ2v) is 5.23. The van der Waals surface area contributed by atoms with E-state index in [9.17, 15) is 5.26 Å². The molecule has 0 unspecified atom stereocenters. The monoisotopic (exact) mass is 243 g/mol. The summed E-state index contributed by atoms with van der Waals surface area (Å²) in [4.78, 5) is 2.26. The molecule has 2 rings (SSSR count). The Labute approximate surface area is 105 Å². The van der Waals surface area contributed by atoms with Gasteiger partial charge in [0.1, 0.15) is 11.8 Å². The van der Waals surface area contributed by atoms with Gasteiger partial charge in [0.2, 0.25) is 0 Å². The fourth-order valence-electron chi connectivity index (χ4n) is 1.92. The number of aryl methyl sites for hydroxylation is 2. The van der Waals surface area contributed by atoms with Gasteiger partial charge in [0.15, 0.2) is 0 Å². The van der Waals surface area contributed by atoms with Crippen LogP contribution in [0.5, 0.6) is 5.75 Å². The average Bonchev–Trinajstić information content (AvgIpc) is 2.63. The molecule has 86 valence electrons. The second kappa shape index (κ2) is 4.60. The zero-order chi connectivity index (χ0) is 12.4. The van der Waals surface area contributed by atoms with Gasteiger partial charge < -0.3 is 4.74 Å². The van der Waals surface area contributed by atoms with E-state index in [-0.39, 0.29) is 0 Å². The molecule has 0 radical (unpaired) electrons. The van der Waals surface area contributed by atoms with Gasteiger partial charge in [-0.1, -0.05) is 12.1 Å². The van der Waals surface area contributed by atoms with Crippen molar-refractivity contribution in [1.82, 2.24) is 0 Å². The van der Waals surface area contributed by atoms with Gasteiger partial charge in [0.05, 0.1) is 12.7 Å². The van der Waals surface area contributed by atoms with Gasteiger partial charge >= 0.3 is 0 Å². The third-order valence-electron chi connectivity index (χ3n) is 2.75.